The molecule has 20 heavy (non-hydrogen) atoms. The van der Waals surface area contributed by atoms with Crippen molar-refractivity contribution in [1.82, 2.24) is 0 Å². The Hall–Kier alpha value is -2.10. The molecule has 0 bridgehead atoms. The van der Waals surface area contributed by atoms with Gasteiger partial charge in [-0.3, -0.25) is 14.5 Å². The molecule has 1 saturated heterocycles. The van der Waals surface area contributed by atoms with E-state index in [1.807, 2.05) is 13.8 Å². The molecule has 0 saturated carbocycles. The average Bonchev–Trinajstić information content (AvgIpc) is 2.65. The fourth-order valence-electron chi connectivity index (χ4n) is 3.11. The van der Waals surface area contributed by atoms with E-state index in [0.29, 0.717) is 18.5 Å². The SMILES string of the molecule is CC1=C(C)C[C@H]2C(=O)N(c3ccc(O)cc3)C(=O)[C@H]2C1. The van der Waals surface area contributed by atoms with Crippen molar-refractivity contribution in [2.75, 3.05) is 4.90 Å². The van der Waals surface area contributed by atoms with Crippen LogP contribution in [0.2, 0.25) is 0 Å². The summed E-state index contributed by atoms with van der Waals surface area (Å²) >= 11 is 0. The van der Waals surface area contributed by atoms with Crippen LogP contribution < -0.4 is 4.90 Å². The summed E-state index contributed by atoms with van der Waals surface area (Å²) in [5.41, 5.74) is 2.99. The smallest absolute Gasteiger partial charge is 0.238 e. The van der Waals surface area contributed by atoms with Crippen LogP contribution in [0.3, 0.4) is 0 Å². The van der Waals surface area contributed by atoms with Crippen LogP contribution in [-0.2, 0) is 9.59 Å². The van der Waals surface area contributed by atoms with E-state index >= 15 is 0 Å². The monoisotopic (exact) mass is 271 g/mol. The number of imide groups is 1. The fourth-order valence-corrected chi connectivity index (χ4v) is 3.11. The number of hydrogen-bond donors (Lipinski definition) is 1. The molecule has 0 unspecified atom stereocenters. The number of phenols is 1. The zero-order valence-electron chi connectivity index (χ0n) is 11.6. The van der Waals surface area contributed by atoms with Crippen molar-refractivity contribution in [3.05, 3.63) is 35.4 Å². The van der Waals surface area contributed by atoms with Crippen LogP contribution in [0, 0.1) is 11.8 Å². The second kappa shape index (κ2) is 4.47. The van der Waals surface area contributed by atoms with Gasteiger partial charge in [-0.2, -0.15) is 0 Å². The number of fused-ring (bicyclic) bond motifs is 1. The predicted octanol–water partition coefficient (Wildman–Crippen LogP) is 2.63. The topological polar surface area (TPSA) is 57.6 Å². The summed E-state index contributed by atoms with van der Waals surface area (Å²) < 4.78 is 0. The number of carbonyl (C=O) groups excluding carboxylic acids is 2. The quantitative estimate of drug-likeness (QED) is 0.631. The van der Waals surface area contributed by atoms with Crippen LogP contribution in [0.15, 0.2) is 35.4 Å². The van der Waals surface area contributed by atoms with Gasteiger partial charge < -0.3 is 5.11 Å². The minimum atomic E-state index is -0.222. The van der Waals surface area contributed by atoms with Crippen LogP contribution in [0.5, 0.6) is 5.75 Å². The Balaban J connectivity index is 1.95. The first-order valence-electron chi connectivity index (χ1n) is 6.81. The van der Waals surface area contributed by atoms with Crippen molar-refractivity contribution in [3.8, 4) is 5.75 Å². The lowest BCUT2D eigenvalue weighted by Gasteiger charge is -2.23. The molecule has 4 heteroatoms. The maximum Gasteiger partial charge on any atom is 0.238 e. The van der Waals surface area contributed by atoms with Gasteiger partial charge in [0, 0.05) is 0 Å². The molecule has 2 amide bonds. The number of carbonyl (C=O) groups is 2. The molecule has 1 aromatic rings. The average molecular weight is 271 g/mol. The molecule has 1 N–H and O–H groups in total. The third kappa shape index (κ3) is 1.83. The van der Waals surface area contributed by atoms with Gasteiger partial charge in [-0.05, 0) is 51.0 Å². The van der Waals surface area contributed by atoms with Gasteiger partial charge in [-0.1, -0.05) is 11.1 Å². The predicted molar refractivity (Wildman–Crippen MR) is 75.2 cm³/mol. The van der Waals surface area contributed by atoms with Gasteiger partial charge in [0.1, 0.15) is 5.75 Å². The zero-order valence-corrected chi connectivity index (χ0v) is 11.6. The molecule has 2 aliphatic rings. The van der Waals surface area contributed by atoms with Crippen molar-refractivity contribution >= 4 is 17.5 Å². The number of anilines is 1. The number of phenolic OH excluding ortho intramolecular Hbond substituents is 1. The van der Waals surface area contributed by atoms with E-state index in [1.165, 1.54) is 28.2 Å². The molecule has 0 radical (unpaired) electrons. The minimum absolute atomic E-state index is 0.113. The summed E-state index contributed by atoms with van der Waals surface area (Å²) in [5, 5.41) is 9.31. The van der Waals surface area contributed by atoms with E-state index in [9.17, 15) is 14.7 Å². The third-order valence-electron chi connectivity index (χ3n) is 4.45. The number of amides is 2. The van der Waals surface area contributed by atoms with Gasteiger partial charge in [0.2, 0.25) is 11.8 Å². The van der Waals surface area contributed by atoms with Crippen LogP contribution in [0.1, 0.15) is 26.7 Å². The van der Waals surface area contributed by atoms with Crippen molar-refractivity contribution in [2.24, 2.45) is 11.8 Å². The molecule has 1 aliphatic heterocycles. The van der Waals surface area contributed by atoms with Crippen molar-refractivity contribution in [3.63, 3.8) is 0 Å². The van der Waals surface area contributed by atoms with E-state index in [-0.39, 0.29) is 29.4 Å². The third-order valence-corrected chi connectivity index (χ3v) is 4.45. The van der Waals surface area contributed by atoms with E-state index in [2.05, 4.69) is 0 Å². The van der Waals surface area contributed by atoms with E-state index in [1.54, 1.807) is 12.1 Å². The number of nitrogens with zero attached hydrogens (tertiary/aromatic N) is 1. The first-order chi connectivity index (χ1) is 9.49. The number of hydrogen-bond acceptors (Lipinski definition) is 3. The summed E-state index contributed by atoms with van der Waals surface area (Å²) in [7, 11) is 0. The van der Waals surface area contributed by atoms with Crippen LogP contribution in [0.4, 0.5) is 5.69 Å². The molecule has 1 heterocycles. The van der Waals surface area contributed by atoms with Crippen LogP contribution >= 0.6 is 0 Å². The lowest BCUT2D eigenvalue weighted by Crippen LogP contribution is -2.30. The molecule has 2 atom stereocenters. The highest BCUT2D eigenvalue weighted by molar-refractivity contribution is 6.22. The van der Waals surface area contributed by atoms with E-state index < -0.39 is 0 Å². The summed E-state index contributed by atoms with van der Waals surface area (Å²) in [6, 6.07) is 6.20. The number of rotatable bonds is 1. The molecular weight excluding hydrogens is 254 g/mol. The van der Waals surface area contributed by atoms with Crippen molar-refractivity contribution in [1.29, 1.82) is 0 Å². The zero-order chi connectivity index (χ0) is 14.4. The van der Waals surface area contributed by atoms with Gasteiger partial charge in [0.15, 0.2) is 0 Å². The number of allylic oxidation sites excluding steroid dienone is 2. The van der Waals surface area contributed by atoms with Crippen molar-refractivity contribution < 1.29 is 14.7 Å². The Labute approximate surface area is 117 Å². The largest absolute Gasteiger partial charge is 0.508 e. The summed E-state index contributed by atoms with van der Waals surface area (Å²) in [6.07, 6.45) is 1.35. The van der Waals surface area contributed by atoms with E-state index in [4.69, 9.17) is 0 Å². The lowest BCUT2D eigenvalue weighted by molar-refractivity contribution is -0.122. The first kappa shape index (κ1) is 12.9. The Morgan fingerprint density at radius 2 is 1.40 bits per heavy atom. The van der Waals surface area contributed by atoms with Crippen LogP contribution in [-0.4, -0.2) is 16.9 Å². The standard InChI is InChI=1S/C16H17NO3/c1-9-7-13-14(8-10(9)2)16(20)17(15(13)19)11-3-5-12(18)6-4-11/h3-6,13-14,18H,7-8H2,1-2H3/t13-,14+. The van der Waals surface area contributed by atoms with Gasteiger partial charge in [0.25, 0.3) is 0 Å². The Bertz CT molecular complexity index is 583. The van der Waals surface area contributed by atoms with E-state index in [0.717, 1.165) is 0 Å². The van der Waals surface area contributed by atoms with Crippen LogP contribution in [0.25, 0.3) is 0 Å². The highest BCUT2D eigenvalue weighted by Gasteiger charge is 2.49. The summed E-state index contributed by atoms with van der Waals surface area (Å²) in [4.78, 5) is 26.3. The molecule has 0 spiro atoms. The fraction of sp³-hybridized carbons (Fsp3) is 0.375. The maximum atomic E-state index is 12.5. The molecule has 1 aromatic carbocycles. The second-order valence-electron chi connectivity index (χ2n) is 5.71. The van der Waals surface area contributed by atoms with Gasteiger partial charge in [0.05, 0.1) is 17.5 Å². The minimum Gasteiger partial charge on any atom is -0.508 e. The Morgan fingerprint density at radius 1 is 0.950 bits per heavy atom. The van der Waals surface area contributed by atoms with Gasteiger partial charge in [-0.25, -0.2) is 0 Å². The Morgan fingerprint density at radius 3 is 1.85 bits per heavy atom. The molecule has 3 rings (SSSR count). The number of benzene rings is 1. The number of aromatic hydroxyl groups is 1. The second-order valence-corrected chi connectivity index (χ2v) is 5.71. The molecule has 0 aromatic heterocycles. The molecule has 1 fully saturated rings. The summed E-state index contributed by atoms with van der Waals surface area (Å²) in [6.45, 7) is 4.07. The maximum absolute atomic E-state index is 12.5. The lowest BCUT2D eigenvalue weighted by atomic mass is 9.78. The Kier molecular flexibility index (Phi) is 2.89. The highest BCUT2D eigenvalue weighted by Crippen LogP contribution is 2.42. The summed E-state index contributed by atoms with van der Waals surface area (Å²) in [5.74, 6) is -0.547. The normalized spacial score (nSPS) is 26.2. The molecule has 4 nitrogen and oxygen atoms in total. The highest BCUT2D eigenvalue weighted by atomic mass is 16.3. The molecule has 1 aliphatic carbocycles. The van der Waals surface area contributed by atoms with Gasteiger partial charge in [-0.15, -0.1) is 0 Å². The molecular formula is C16H17NO3. The van der Waals surface area contributed by atoms with Crippen molar-refractivity contribution in [2.45, 2.75) is 26.7 Å². The molecule has 104 valence electrons. The first-order valence-corrected chi connectivity index (χ1v) is 6.81. The van der Waals surface area contributed by atoms with Gasteiger partial charge >= 0.3 is 0 Å².